The molecular weight excluding hydrogens is 448 g/mol. The summed E-state index contributed by atoms with van der Waals surface area (Å²) < 4.78 is 6.20. The predicted molar refractivity (Wildman–Crippen MR) is 132 cm³/mol. The molecule has 1 aliphatic heterocycles. The number of nitrogens with zero attached hydrogens (tertiary/aromatic N) is 4. The Morgan fingerprint density at radius 3 is 2.40 bits per heavy atom. The molecule has 0 radical (unpaired) electrons. The van der Waals surface area contributed by atoms with Crippen molar-refractivity contribution in [2.75, 3.05) is 31.1 Å². The standard InChI is InChI=1S/C26H22N4O5/c1-17-23(31)20-8-5-9-21(25(20)35-24(17)18-6-3-2-4-7-18)26(32)29-14-12-28(13-15-29)22-11-10-19(16-27-22)30(33)34/h2-11,16H,12-15H2,1H3. The fourth-order valence-corrected chi connectivity index (χ4v) is 4.33. The molecule has 0 spiro atoms. The number of para-hydroxylation sites is 1. The van der Waals surface area contributed by atoms with Crippen LogP contribution in [0.3, 0.4) is 0 Å². The van der Waals surface area contributed by atoms with E-state index >= 15 is 0 Å². The molecule has 176 valence electrons. The second kappa shape index (κ2) is 9.02. The van der Waals surface area contributed by atoms with Gasteiger partial charge in [-0.2, -0.15) is 0 Å². The average Bonchev–Trinajstić information content (AvgIpc) is 2.90. The van der Waals surface area contributed by atoms with Gasteiger partial charge in [0, 0.05) is 43.4 Å². The number of hydrogen-bond acceptors (Lipinski definition) is 7. The topological polar surface area (TPSA) is 110 Å². The van der Waals surface area contributed by atoms with Crippen LogP contribution in [0.4, 0.5) is 11.5 Å². The highest BCUT2D eigenvalue weighted by molar-refractivity contribution is 6.05. The third-order valence-corrected chi connectivity index (χ3v) is 6.25. The first-order chi connectivity index (χ1) is 16.9. The predicted octanol–water partition coefficient (Wildman–Crippen LogP) is 4.03. The number of carbonyl (C=O) groups is 1. The number of nitro groups is 1. The maximum atomic E-state index is 13.5. The summed E-state index contributed by atoms with van der Waals surface area (Å²) >= 11 is 0. The highest BCUT2D eigenvalue weighted by atomic mass is 16.6. The number of benzene rings is 2. The molecule has 0 unspecified atom stereocenters. The van der Waals surface area contributed by atoms with Crippen LogP contribution in [0.1, 0.15) is 15.9 Å². The van der Waals surface area contributed by atoms with Crippen molar-refractivity contribution in [3.05, 3.63) is 98.3 Å². The Morgan fingerprint density at radius 1 is 1.00 bits per heavy atom. The van der Waals surface area contributed by atoms with E-state index in [0.717, 1.165) is 5.56 Å². The van der Waals surface area contributed by atoms with Crippen LogP contribution in [0.5, 0.6) is 0 Å². The largest absolute Gasteiger partial charge is 0.455 e. The van der Waals surface area contributed by atoms with Crippen LogP contribution in [-0.4, -0.2) is 46.9 Å². The van der Waals surface area contributed by atoms with Gasteiger partial charge < -0.3 is 14.2 Å². The molecule has 0 saturated carbocycles. The minimum Gasteiger partial charge on any atom is -0.455 e. The van der Waals surface area contributed by atoms with E-state index in [1.54, 1.807) is 36.1 Å². The Balaban J connectivity index is 1.42. The molecule has 5 rings (SSSR count). The molecule has 1 fully saturated rings. The number of pyridine rings is 1. The molecular formula is C26H22N4O5. The van der Waals surface area contributed by atoms with Crippen LogP contribution in [0.2, 0.25) is 0 Å². The van der Waals surface area contributed by atoms with Crippen LogP contribution in [0, 0.1) is 17.0 Å². The van der Waals surface area contributed by atoms with Crippen molar-refractivity contribution in [1.82, 2.24) is 9.88 Å². The second-order valence-electron chi connectivity index (χ2n) is 8.34. The zero-order valence-electron chi connectivity index (χ0n) is 19.0. The molecule has 3 heterocycles. The van der Waals surface area contributed by atoms with E-state index in [9.17, 15) is 19.7 Å². The van der Waals surface area contributed by atoms with E-state index in [4.69, 9.17) is 4.42 Å². The van der Waals surface area contributed by atoms with Crippen molar-refractivity contribution in [2.24, 2.45) is 0 Å². The molecule has 35 heavy (non-hydrogen) atoms. The minimum absolute atomic E-state index is 0.0647. The smallest absolute Gasteiger partial charge is 0.287 e. The van der Waals surface area contributed by atoms with Gasteiger partial charge >= 0.3 is 0 Å². The lowest BCUT2D eigenvalue weighted by molar-refractivity contribution is -0.385. The summed E-state index contributed by atoms with van der Waals surface area (Å²) in [6, 6.07) is 17.5. The molecule has 1 saturated heterocycles. The molecule has 1 aliphatic rings. The second-order valence-corrected chi connectivity index (χ2v) is 8.34. The van der Waals surface area contributed by atoms with Gasteiger partial charge in [0.2, 0.25) is 0 Å². The molecule has 9 heteroatoms. The van der Waals surface area contributed by atoms with Gasteiger partial charge in [-0.3, -0.25) is 19.7 Å². The molecule has 0 atom stereocenters. The fourth-order valence-electron chi connectivity index (χ4n) is 4.33. The van der Waals surface area contributed by atoms with Crippen LogP contribution >= 0.6 is 0 Å². The van der Waals surface area contributed by atoms with E-state index in [-0.39, 0.29) is 22.6 Å². The summed E-state index contributed by atoms with van der Waals surface area (Å²) in [6.45, 7) is 3.66. The molecule has 4 aromatic rings. The summed E-state index contributed by atoms with van der Waals surface area (Å²) in [5.74, 6) is 0.872. The van der Waals surface area contributed by atoms with Crippen LogP contribution in [-0.2, 0) is 0 Å². The van der Waals surface area contributed by atoms with Crippen LogP contribution in [0.15, 0.2) is 76.1 Å². The van der Waals surface area contributed by atoms with E-state index in [2.05, 4.69) is 4.98 Å². The van der Waals surface area contributed by atoms with Gasteiger partial charge in [-0.25, -0.2) is 4.98 Å². The first-order valence-electron chi connectivity index (χ1n) is 11.2. The molecule has 2 aromatic carbocycles. The SMILES string of the molecule is Cc1c(-c2ccccc2)oc2c(C(=O)N3CCN(c4ccc([N+](=O)[O-])cn4)CC3)cccc2c1=O. The van der Waals surface area contributed by atoms with Gasteiger partial charge in [-0.1, -0.05) is 36.4 Å². The lowest BCUT2D eigenvalue weighted by Crippen LogP contribution is -2.49. The minimum atomic E-state index is -0.485. The Hall–Kier alpha value is -4.53. The lowest BCUT2D eigenvalue weighted by atomic mass is 10.0. The Kier molecular flexibility index (Phi) is 5.74. The molecule has 0 bridgehead atoms. The lowest BCUT2D eigenvalue weighted by Gasteiger charge is -2.35. The summed E-state index contributed by atoms with van der Waals surface area (Å²) in [6.07, 6.45) is 1.23. The Labute approximate surface area is 200 Å². The monoisotopic (exact) mass is 470 g/mol. The van der Waals surface area contributed by atoms with Crippen LogP contribution < -0.4 is 10.3 Å². The van der Waals surface area contributed by atoms with Crippen molar-refractivity contribution >= 4 is 28.4 Å². The van der Waals surface area contributed by atoms with Crippen molar-refractivity contribution in [3.8, 4) is 11.3 Å². The van der Waals surface area contributed by atoms with Gasteiger partial charge in [-0.05, 0) is 25.1 Å². The first kappa shape index (κ1) is 22.3. The zero-order chi connectivity index (χ0) is 24.5. The van der Waals surface area contributed by atoms with E-state index in [1.165, 1.54) is 12.3 Å². The van der Waals surface area contributed by atoms with Crippen molar-refractivity contribution in [1.29, 1.82) is 0 Å². The summed E-state index contributed by atoms with van der Waals surface area (Å²) in [7, 11) is 0. The maximum absolute atomic E-state index is 13.5. The normalized spacial score (nSPS) is 13.7. The molecule has 0 N–H and O–H groups in total. The fraction of sp³-hybridized carbons (Fsp3) is 0.192. The number of fused-ring (bicyclic) bond motifs is 1. The third kappa shape index (κ3) is 4.12. The van der Waals surface area contributed by atoms with Gasteiger partial charge in [0.05, 0.1) is 15.9 Å². The van der Waals surface area contributed by atoms with Gasteiger partial charge in [0.15, 0.2) is 11.0 Å². The average molecular weight is 470 g/mol. The van der Waals surface area contributed by atoms with Crippen molar-refractivity contribution in [2.45, 2.75) is 6.92 Å². The molecule has 0 aliphatic carbocycles. The van der Waals surface area contributed by atoms with E-state index < -0.39 is 4.92 Å². The Morgan fingerprint density at radius 2 is 1.74 bits per heavy atom. The van der Waals surface area contributed by atoms with Crippen molar-refractivity contribution in [3.63, 3.8) is 0 Å². The van der Waals surface area contributed by atoms with Gasteiger partial charge in [-0.15, -0.1) is 0 Å². The molecule has 1 amide bonds. The maximum Gasteiger partial charge on any atom is 0.287 e. The number of anilines is 1. The highest BCUT2D eigenvalue weighted by Crippen LogP contribution is 2.28. The number of amides is 1. The van der Waals surface area contributed by atoms with E-state index in [1.807, 2.05) is 35.2 Å². The summed E-state index contributed by atoms with van der Waals surface area (Å²) in [5, 5.41) is 11.2. The van der Waals surface area contributed by atoms with Gasteiger partial charge in [0.1, 0.15) is 17.8 Å². The number of aromatic nitrogens is 1. The number of hydrogen-bond donors (Lipinski definition) is 0. The van der Waals surface area contributed by atoms with Gasteiger partial charge in [0.25, 0.3) is 11.6 Å². The van der Waals surface area contributed by atoms with Crippen LogP contribution in [0.25, 0.3) is 22.3 Å². The summed E-state index contributed by atoms with van der Waals surface area (Å²) in [4.78, 5) is 44.8. The molecule has 2 aromatic heterocycles. The van der Waals surface area contributed by atoms with Crippen molar-refractivity contribution < 1.29 is 14.1 Å². The zero-order valence-corrected chi connectivity index (χ0v) is 19.0. The first-order valence-corrected chi connectivity index (χ1v) is 11.2. The molecule has 9 nitrogen and oxygen atoms in total. The summed E-state index contributed by atoms with van der Waals surface area (Å²) in [5.41, 5.74) is 1.68. The Bertz CT molecular complexity index is 1470. The van der Waals surface area contributed by atoms with E-state index in [0.29, 0.717) is 54.3 Å². The number of carbonyl (C=O) groups excluding carboxylic acids is 1. The number of rotatable bonds is 4. The quantitative estimate of drug-likeness (QED) is 0.327. The number of piperazine rings is 1. The third-order valence-electron chi connectivity index (χ3n) is 6.25. The highest BCUT2D eigenvalue weighted by Gasteiger charge is 2.26.